The van der Waals surface area contributed by atoms with E-state index >= 15 is 0 Å². The van der Waals surface area contributed by atoms with E-state index < -0.39 is 0 Å². The van der Waals surface area contributed by atoms with Gasteiger partial charge in [0.1, 0.15) is 0 Å². The quantitative estimate of drug-likeness (QED) is 0.868. The van der Waals surface area contributed by atoms with Gasteiger partial charge in [0, 0.05) is 25.5 Å². The predicted octanol–water partition coefficient (Wildman–Crippen LogP) is 4.17. The molecular weight excluding hydrogens is 282 g/mol. The number of benzene rings is 1. The van der Waals surface area contributed by atoms with Crippen LogP contribution in [0.15, 0.2) is 36.5 Å². The summed E-state index contributed by atoms with van der Waals surface area (Å²) in [5.41, 5.74) is 3.51. The molecule has 0 radical (unpaired) electrons. The van der Waals surface area contributed by atoms with Crippen LogP contribution >= 0.6 is 11.6 Å². The lowest BCUT2D eigenvalue weighted by Crippen LogP contribution is -2.14. The van der Waals surface area contributed by atoms with E-state index in [1.165, 1.54) is 5.56 Å². The van der Waals surface area contributed by atoms with E-state index in [-0.39, 0.29) is 0 Å². The predicted molar refractivity (Wildman–Crippen MR) is 90.5 cm³/mol. The SMILES string of the molecule is CCNCc1cnc(N(C)c2ccc(CC)cc2)c(Cl)c1. The molecule has 0 amide bonds. The Hall–Kier alpha value is -1.58. The Morgan fingerprint density at radius 2 is 1.86 bits per heavy atom. The number of hydrogen-bond donors (Lipinski definition) is 1. The largest absolute Gasteiger partial charge is 0.328 e. The van der Waals surface area contributed by atoms with Gasteiger partial charge in [-0.05, 0) is 42.3 Å². The summed E-state index contributed by atoms with van der Waals surface area (Å²) in [5.74, 6) is 0.779. The summed E-state index contributed by atoms with van der Waals surface area (Å²) in [6.45, 7) is 5.96. The maximum atomic E-state index is 6.38. The first-order chi connectivity index (χ1) is 10.2. The van der Waals surface area contributed by atoms with Crippen molar-refractivity contribution in [2.24, 2.45) is 0 Å². The fourth-order valence-electron chi connectivity index (χ4n) is 2.16. The van der Waals surface area contributed by atoms with E-state index in [0.29, 0.717) is 5.02 Å². The van der Waals surface area contributed by atoms with Crippen LogP contribution in [0.2, 0.25) is 5.02 Å². The normalized spacial score (nSPS) is 10.7. The molecule has 0 saturated carbocycles. The molecule has 0 aliphatic heterocycles. The first-order valence-electron chi connectivity index (χ1n) is 7.33. The number of anilines is 2. The van der Waals surface area contributed by atoms with Crippen LogP contribution in [-0.2, 0) is 13.0 Å². The second-order valence-electron chi connectivity index (χ2n) is 5.01. The van der Waals surface area contributed by atoms with Crippen molar-refractivity contribution in [3.05, 3.63) is 52.7 Å². The number of aryl methyl sites for hydroxylation is 1. The van der Waals surface area contributed by atoms with Crippen LogP contribution in [0.1, 0.15) is 25.0 Å². The van der Waals surface area contributed by atoms with Crippen molar-refractivity contribution in [2.45, 2.75) is 26.8 Å². The minimum absolute atomic E-state index is 0.674. The molecule has 0 unspecified atom stereocenters. The Kier molecular flexibility index (Phi) is 5.59. The molecule has 2 aromatic rings. The van der Waals surface area contributed by atoms with Crippen LogP contribution in [0.3, 0.4) is 0 Å². The molecule has 4 heteroatoms. The highest BCUT2D eigenvalue weighted by Crippen LogP contribution is 2.29. The Morgan fingerprint density at radius 3 is 2.43 bits per heavy atom. The van der Waals surface area contributed by atoms with Crippen molar-refractivity contribution >= 4 is 23.1 Å². The van der Waals surface area contributed by atoms with Crippen molar-refractivity contribution in [1.82, 2.24) is 10.3 Å². The van der Waals surface area contributed by atoms with Crippen LogP contribution in [-0.4, -0.2) is 18.6 Å². The average Bonchev–Trinajstić information content (AvgIpc) is 2.52. The summed E-state index contributed by atoms with van der Waals surface area (Å²) in [6, 6.07) is 10.5. The van der Waals surface area contributed by atoms with Gasteiger partial charge in [-0.1, -0.05) is 37.6 Å². The summed E-state index contributed by atoms with van der Waals surface area (Å²) in [5, 5.41) is 3.95. The molecule has 21 heavy (non-hydrogen) atoms. The third-order valence-corrected chi connectivity index (χ3v) is 3.79. The first kappa shape index (κ1) is 15.8. The van der Waals surface area contributed by atoms with E-state index in [0.717, 1.165) is 36.6 Å². The van der Waals surface area contributed by atoms with Crippen molar-refractivity contribution < 1.29 is 0 Å². The highest BCUT2D eigenvalue weighted by atomic mass is 35.5. The Balaban J connectivity index is 2.19. The molecule has 0 saturated heterocycles. The molecule has 112 valence electrons. The van der Waals surface area contributed by atoms with Gasteiger partial charge in [0.25, 0.3) is 0 Å². The lowest BCUT2D eigenvalue weighted by atomic mass is 10.1. The van der Waals surface area contributed by atoms with Gasteiger partial charge in [0.2, 0.25) is 0 Å². The van der Waals surface area contributed by atoms with Crippen LogP contribution in [0.4, 0.5) is 11.5 Å². The van der Waals surface area contributed by atoms with Gasteiger partial charge in [-0.3, -0.25) is 0 Å². The zero-order chi connectivity index (χ0) is 15.2. The molecular formula is C17H22ClN3. The number of rotatable bonds is 6. The van der Waals surface area contributed by atoms with Gasteiger partial charge in [0.05, 0.1) is 5.02 Å². The fraction of sp³-hybridized carbons (Fsp3) is 0.353. The fourth-order valence-corrected chi connectivity index (χ4v) is 2.48. The van der Waals surface area contributed by atoms with Gasteiger partial charge < -0.3 is 10.2 Å². The summed E-state index contributed by atoms with van der Waals surface area (Å²) < 4.78 is 0. The maximum Gasteiger partial charge on any atom is 0.151 e. The highest BCUT2D eigenvalue weighted by molar-refractivity contribution is 6.33. The summed E-state index contributed by atoms with van der Waals surface area (Å²) in [6.07, 6.45) is 2.92. The second kappa shape index (κ2) is 7.43. The monoisotopic (exact) mass is 303 g/mol. The molecule has 2 rings (SSSR count). The van der Waals surface area contributed by atoms with Crippen molar-refractivity contribution in [3.63, 3.8) is 0 Å². The van der Waals surface area contributed by atoms with Crippen LogP contribution in [0.5, 0.6) is 0 Å². The van der Waals surface area contributed by atoms with Crippen molar-refractivity contribution in [2.75, 3.05) is 18.5 Å². The van der Waals surface area contributed by atoms with Crippen molar-refractivity contribution in [3.8, 4) is 0 Å². The molecule has 0 fully saturated rings. The summed E-state index contributed by atoms with van der Waals surface area (Å²) in [4.78, 5) is 6.52. The lowest BCUT2D eigenvalue weighted by Gasteiger charge is -2.20. The number of halogens is 1. The number of pyridine rings is 1. The molecule has 0 aliphatic rings. The van der Waals surface area contributed by atoms with Crippen LogP contribution < -0.4 is 10.2 Å². The second-order valence-corrected chi connectivity index (χ2v) is 5.42. The number of hydrogen-bond acceptors (Lipinski definition) is 3. The number of aromatic nitrogens is 1. The Labute approximate surface area is 132 Å². The van der Waals surface area contributed by atoms with E-state index in [9.17, 15) is 0 Å². The molecule has 0 spiro atoms. The van der Waals surface area contributed by atoms with Gasteiger partial charge in [-0.15, -0.1) is 0 Å². The number of nitrogens with one attached hydrogen (secondary N) is 1. The highest BCUT2D eigenvalue weighted by Gasteiger charge is 2.10. The lowest BCUT2D eigenvalue weighted by molar-refractivity contribution is 0.724. The molecule has 1 aromatic heterocycles. The van der Waals surface area contributed by atoms with E-state index in [4.69, 9.17) is 11.6 Å². The third-order valence-electron chi connectivity index (χ3n) is 3.51. The molecule has 1 N–H and O–H groups in total. The molecule has 1 heterocycles. The van der Waals surface area contributed by atoms with Gasteiger partial charge in [-0.2, -0.15) is 0 Å². The number of nitrogens with zero attached hydrogens (tertiary/aromatic N) is 2. The van der Waals surface area contributed by atoms with Crippen LogP contribution in [0.25, 0.3) is 0 Å². The summed E-state index contributed by atoms with van der Waals surface area (Å²) >= 11 is 6.38. The minimum atomic E-state index is 0.674. The molecule has 0 aliphatic carbocycles. The minimum Gasteiger partial charge on any atom is -0.328 e. The van der Waals surface area contributed by atoms with E-state index in [1.807, 2.05) is 24.2 Å². The average molecular weight is 304 g/mol. The molecule has 0 bridgehead atoms. The zero-order valence-electron chi connectivity index (χ0n) is 12.9. The topological polar surface area (TPSA) is 28.2 Å². The van der Waals surface area contributed by atoms with Gasteiger partial charge in [-0.25, -0.2) is 4.98 Å². The smallest absolute Gasteiger partial charge is 0.151 e. The van der Waals surface area contributed by atoms with Crippen molar-refractivity contribution in [1.29, 1.82) is 0 Å². The van der Waals surface area contributed by atoms with E-state index in [2.05, 4.69) is 48.4 Å². The first-order valence-corrected chi connectivity index (χ1v) is 7.71. The zero-order valence-corrected chi connectivity index (χ0v) is 13.6. The van der Waals surface area contributed by atoms with E-state index in [1.54, 1.807) is 0 Å². The third kappa shape index (κ3) is 3.96. The summed E-state index contributed by atoms with van der Waals surface area (Å²) in [7, 11) is 1.99. The van der Waals surface area contributed by atoms with Gasteiger partial charge >= 0.3 is 0 Å². The van der Waals surface area contributed by atoms with Gasteiger partial charge in [0.15, 0.2) is 5.82 Å². The van der Waals surface area contributed by atoms with Crippen LogP contribution in [0, 0.1) is 0 Å². The Morgan fingerprint density at radius 1 is 1.14 bits per heavy atom. The molecule has 3 nitrogen and oxygen atoms in total. The maximum absolute atomic E-state index is 6.38. The Bertz CT molecular complexity index is 581. The molecule has 1 aromatic carbocycles. The molecule has 0 atom stereocenters. The standard InChI is InChI=1S/C17H22ClN3/c1-4-13-6-8-15(9-7-13)21(3)17-16(18)10-14(12-20-17)11-19-5-2/h6-10,12,19H,4-5,11H2,1-3H3.